The third-order valence-electron chi connectivity index (χ3n) is 6.11. The molecule has 0 bridgehead atoms. The van der Waals surface area contributed by atoms with E-state index in [1.807, 2.05) is 36.4 Å². The minimum atomic E-state index is -4.17. The Balaban J connectivity index is 1.51. The summed E-state index contributed by atoms with van der Waals surface area (Å²) < 4.78 is 47.4. The van der Waals surface area contributed by atoms with Crippen molar-refractivity contribution >= 4 is 21.9 Å². The molecule has 4 aromatic carbocycles. The van der Waals surface area contributed by atoms with Crippen LogP contribution in [-0.4, -0.2) is 39.0 Å². The number of ether oxygens (including phenoxy) is 1. The molecule has 0 fully saturated rings. The number of hydrogen-bond donors (Lipinski definition) is 2. The molecule has 4 rings (SSSR count). The molecule has 0 heterocycles. The van der Waals surface area contributed by atoms with Gasteiger partial charge in [-0.25, -0.2) is 12.8 Å². The minimum Gasteiger partial charge on any atom is -0.462 e. The van der Waals surface area contributed by atoms with E-state index in [-0.39, 0.29) is 23.8 Å². The van der Waals surface area contributed by atoms with Crippen LogP contribution in [0.3, 0.4) is 0 Å². The van der Waals surface area contributed by atoms with Crippen molar-refractivity contribution in [3.63, 3.8) is 0 Å². The van der Waals surface area contributed by atoms with Gasteiger partial charge in [0.25, 0.3) is 5.91 Å². The lowest BCUT2D eigenvalue weighted by Gasteiger charge is -2.22. The molecule has 0 unspecified atom stereocenters. The second kappa shape index (κ2) is 13.6. The van der Waals surface area contributed by atoms with Crippen LogP contribution in [0.4, 0.5) is 4.39 Å². The highest BCUT2D eigenvalue weighted by molar-refractivity contribution is 7.89. The Bertz CT molecular complexity index is 1500. The summed E-state index contributed by atoms with van der Waals surface area (Å²) in [6.45, 7) is -0.185. The summed E-state index contributed by atoms with van der Waals surface area (Å²) in [7, 11) is -4.17. The Morgan fingerprint density at radius 1 is 0.725 bits per heavy atom. The molecular weight excluding hydrogens is 531 g/mol. The summed E-state index contributed by atoms with van der Waals surface area (Å²) in [6.07, 6.45) is 0.414. The fraction of sp³-hybridized carbons (Fsp3) is 0.161. The van der Waals surface area contributed by atoms with Gasteiger partial charge in [0.1, 0.15) is 18.5 Å². The number of carbonyl (C=O) groups is 2. The van der Waals surface area contributed by atoms with Crippen molar-refractivity contribution in [3.05, 3.63) is 138 Å². The van der Waals surface area contributed by atoms with E-state index in [9.17, 15) is 22.4 Å². The standard InChI is InChI=1S/C31H29FN2O5S/c32-26-16-18-28(19-17-26)40(37,38)34-29(21-24-12-6-2-7-13-24)31(36)39-22-27(20-23-10-4-1-5-11-23)33-30(35)25-14-8-3-9-15-25/h1-19,27,29,34H,20-22H2,(H,33,35)/t27-,29+/m1/s1. The predicted octanol–water partition coefficient (Wildman–Crippen LogP) is 4.30. The summed E-state index contributed by atoms with van der Waals surface area (Å²) in [5, 5.41) is 2.91. The fourth-order valence-electron chi connectivity index (χ4n) is 4.08. The topological polar surface area (TPSA) is 102 Å². The second-order valence-corrected chi connectivity index (χ2v) is 10.9. The molecule has 0 aliphatic heterocycles. The molecule has 4 aromatic rings. The van der Waals surface area contributed by atoms with Crippen LogP contribution in [0.25, 0.3) is 0 Å². The molecule has 0 aliphatic carbocycles. The molecule has 40 heavy (non-hydrogen) atoms. The lowest BCUT2D eigenvalue weighted by molar-refractivity contribution is -0.146. The van der Waals surface area contributed by atoms with Crippen LogP contribution in [0.15, 0.2) is 120 Å². The van der Waals surface area contributed by atoms with Gasteiger partial charge in [0.05, 0.1) is 10.9 Å². The van der Waals surface area contributed by atoms with E-state index in [0.29, 0.717) is 17.5 Å². The molecule has 0 saturated heterocycles. The van der Waals surface area contributed by atoms with Crippen molar-refractivity contribution in [2.45, 2.75) is 29.8 Å². The third kappa shape index (κ3) is 8.33. The van der Waals surface area contributed by atoms with Gasteiger partial charge in [0.2, 0.25) is 10.0 Å². The normalized spacial score (nSPS) is 12.7. The van der Waals surface area contributed by atoms with Crippen molar-refractivity contribution in [2.75, 3.05) is 6.61 Å². The van der Waals surface area contributed by atoms with Gasteiger partial charge in [-0.1, -0.05) is 78.9 Å². The quantitative estimate of drug-likeness (QED) is 0.252. The molecule has 1 amide bonds. The molecule has 2 atom stereocenters. The third-order valence-corrected chi connectivity index (χ3v) is 7.60. The number of esters is 1. The van der Waals surface area contributed by atoms with E-state index < -0.39 is 33.9 Å². The highest BCUT2D eigenvalue weighted by atomic mass is 32.2. The van der Waals surface area contributed by atoms with Crippen LogP contribution in [0.1, 0.15) is 21.5 Å². The van der Waals surface area contributed by atoms with Gasteiger partial charge in [-0.15, -0.1) is 0 Å². The maximum atomic E-state index is 13.4. The van der Waals surface area contributed by atoms with Crippen molar-refractivity contribution < 1.29 is 27.1 Å². The Labute approximate surface area is 233 Å². The first-order valence-corrected chi connectivity index (χ1v) is 14.2. The minimum absolute atomic E-state index is 0.0276. The molecule has 0 aliphatic rings. The van der Waals surface area contributed by atoms with Crippen LogP contribution in [0.2, 0.25) is 0 Å². The first kappa shape index (κ1) is 28.7. The smallest absolute Gasteiger partial charge is 0.324 e. The Hall–Kier alpha value is -4.34. The maximum absolute atomic E-state index is 13.4. The van der Waals surface area contributed by atoms with Gasteiger partial charge < -0.3 is 10.1 Å². The van der Waals surface area contributed by atoms with E-state index in [1.165, 1.54) is 0 Å². The van der Waals surface area contributed by atoms with Crippen LogP contribution in [-0.2, 0) is 32.4 Å². The van der Waals surface area contributed by atoms with Crippen molar-refractivity contribution in [1.29, 1.82) is 0 Å². The van der Waals surface area contributed by atoms with E-state index in [2.05, 4.69) is 10.0 Å². The van der Waals surface area contributed by atoms with Crippen molar-refractivity contribution in [1.82, 2.24) is 10.0 Å². The van der Waals surface area contributed by atoms with Crippen LogP contribution in [0.5, 0.6) is 0 Å². The predicted molar refractivity (Wildman–Crippen MR) is 149 cm³/mol. The zero-order valence-electron chi connectivity index (χ0n) is 21.6. The summed E-state index contributed by atoms with van der Waals surface area (Å²) >= 11 is 0. The molecule has 0 spiro atoms. The average molecular weight is 561 g/mol. The van der Waals surface area contributed by atoms with Gasteiger partial charge >= 0.3 is 5.97 Å². The molecule has 0 radical (unpaired) electrons. The van der Waals surface area contributed by atoms with Crippen molar-refractivity contribution in [2.24, 2.45) is 0 Å². The number of benzene rings is 4. The van der Waals surface area contributed by atoms with Gasteiger partial charge in [-0.05, 0) is 60.4 Å². The number of rotatable bonds is 12. The number of halogens is 1. The first-order chi connectivity index (χ1) is 19.3. The summed E-state index contributed by atoms with van der Waals surface area (Å²) in [5.41, 5.74) is 2.10. The average Bonchev–Trinajstić information content (AvgIpc) is 2.97. The molecule has 0 aromatic heterocycles. The largest absolute Gasteiger partial charge is 0.462 e. The molecule has 7 nitrogen and oxygen atoms in total. The van der Waals surface area contributed by atoms with Crippen LogP contribution in [0, 0.1) is 5.82 Å². The Morgan fingerprint density at radius 2 is 1.25 bits per heavy atom. The highest BCUT2D eigenvalue weighted by Crippen LogP contribution is 2.14. The molecular formula is C31H29FN2O5S. The van der Waals surface area contributed by atoms with Crippen LogP contribution >= 0.6 is 0 Å². The first-order valence-electron chi connectivity index (χ1n) is 12.7. The monoisotopic (exact) mass is 560 g/mol. The van der Waals surface area contributed by atoms with E-state index in [4.69, 9.17) is 4.74 Å². The summed E-state index contributed by atoms with van der Waals surface area (Å²) in [5.74, 6) is -1.71. The zero-order chi connectivity index (χ0) is 28.4. The Morgan fingerprint density at radius 3 is 1.82 bits per heavy atom. The number of amides is 1. The van der Waals surface area contributed by atoms with E-state index >= 15 is 0 Å². The Kier molecular flexibility index (Phi) is 9.77. The lowest BCUT2D eigenvalue weighted by atomic mass is 10.1. The summed E-state index contributed by atoms with van der Waals surface area (Å²) in [4.78, 5) is 26.0. The molecule has 0 saturated carbocycles. The van der Waals surface area contributed by atoms with Crippen LogP contribution < -0.4 is 10.0 Å². The second-order valence-electron chi connectivity index (χ2n) is 9.17. The summed E-state index contributed by atoms with van der Waals surface area (Å²) in [6, 6.07) is 29.5. The van der Waals surface area contributed by atoms with Gasteiger partial charge in [0, 0.05) is 5.56 Å². The van der Waals surface area contributed by atoms with Gasteiger partial charge in [-0.3, -0.25) is 9.59 Å². The molecule has 9 heteroatoms. The molecule has 206 valence electrons. The zero-order valence-corrected chi connectivity index (χ0v) is 22.4. The van der Waals surface area contributed by atoms with E-state index in [1.54, 1.807) is 54.6 Å². The molecule has 2 N–H and O–H groups in total. The fourth-order valence-corrected chi connectivity index (χ4v) is 5.27. The van der Waals surface area contributed by atoms with E-state index in [0.717, 1.165) is 29.8 Å². The number of nitrogens with one attached hydrogen (secondary N) is 2. The van der Waals surface area contributed by atoms with Gasteiger partial charge in [0.15, 0.2) is 0 Å². The van der Waals surface area contributed by atoms with Crippen molar-refractivity contribution in [3.8, 4) is 0 Å². The number of sulfonamides is 1. The lowest BCUT2D eigenvalue weighted by Crippen LogP contribution is -2.46. The number of hydrogen-bond acceptors (Lipinski definition) is 5. The van der Waals surface area contributed by atoms with Gasteiger partial charge in [-0.2, -0.15) is 4.72 Å². The maximum Gasteiger partial charge on any atom is 0.324 e. The SMILES string of the molecule is O=C(N[C@@H](COC(=O)[C@H](Cc1ccccc1)NS(=O)(=O)c1ccc(F)cc1)Cc1ccccc1)c1ccccc1. The highest BCUT2D eigenvalue weighted by Gasteiger charge is 2.28. The number of carbonyl (C=O) groups excluding carboxylic acids is 2.